The zero-order chi connectivity index (χ0) is 14.8. The van der Waals surface area contributed by atoms with E-state index in [4.69, 9.17) is 0 Å². The lowest BCUT2D eigenvalue weighted by Gasteiger charge is -2.09. The highest BCUT2D eigenvalue weighted by atomic mass is 79.9. The lowest BCUT2D eigenvalue weighted by molar-refractivity contribution is -0.122. The first-order valence-electron chi connectivity index (χ1n) is 5.91. The molecule has 0 spiro atoms. The van der Waals surface area contributed by atoms with Crippen LogP contribution in [-0.4, -0.2) is 31.7 Å². The molecule has 0 radical (unpaired) electrons. The standard InChI is InChI=1S/C11H13BrN2O4S2/c12-9-2-1-8(19-9)11(16)14-13-10(15)5-7-3-4-20(17,18)6-7/h1-2,7H,3-6H2,(H,13,15)(H,14,16)/t7-/m0/s1. The van der Waals surface area contributed by atoms with E-state index < -0.39 is 15.7 Å². The normalized spacial score (nSPS) is 20.6. The molecule has 110 valence electrons. The van der Waals surface area contributed by atoms with Gasteiger partial charge in [-0.2, -0.15) is 0 Å². The predicted molar refractivity (Wildman–Crippen MR) is 79.0 cm³/mol. The SMILES string of the molecule is O=C(C[C@@H]1CCS(=O)(=O)C1)NNC(=O)c1ccc(Br)s1. The minimum Gasteiger partial charge on any atom is -0.273 e. The molecule has 1 atom stereocenters. The van der Waals surface area contributed by atoms with Gasteiger partial charge in [0.15, 0.2) is 9.84 Å². The maximum Gasteiger partial charge on any atom is 0.279 e. The summed E-state index contributed by atoms with van der Waals surface area (Å²) in [5.74, 6) is -0.746. The molecule has 1 aromatic heterocycles. The van der Waals surface area contributed by atoms with Crippen LogP contribution in [0.4, 0.5) is 0 Å². The third-order valence-electron chi connectivity index (χ3n) is 2.91. The van der Waals surface area contributed by atoms with Gasteiger partial charge in [-0.25, -0.2) is 8.42 Å². The molecule has 9 heteroatoms. The van der Waals surface area contributed by atoms with E-state index in [1.165, 1.54) is 11.3 Å². The molecule has 2 amide bonds. The van der Waals surface area contributed by atoms with Gasteiger partial charge in [-0.1, -0.05) is 0 Å². The average molecular weight is 381 g/mol. The summed E-state index contributed by atoms with van der Waals surface area (Å²) in [6.45, 7) is 0. The fourth-order valence-corrected chi connectivity index (χ4v) is 5.11. The van der Waals surface area contributed by atoms with Crippen molar-refractivity contribution in [1.29, 1.82) is 0 Å². The van der Waals surface area contributed by atoms with E-state index in [1.54, 1.807) is 12.1 Å². The molecule has 6 nitrogen and oxygen atoms in total. The summed E-state index contributed by atoms with van der Waals surface area (Å²) in [5.41, 5.74) is 4.61. The first kappa shape index (κ1) is 15.5. The van der Waals surface area contributed by atoms with Crippen LogP contribution in [0.25, 0.3) is 0 Å². The number of carbonyl (C=O) groups is 2. The van der Waals surface area contributed by atoms with Gasteiger partial charge in [0.25, 0.3) is 5.91 Å². The lowest BCUT2D eigenvalue weighted by atomic mass is 10.1. The Hall–Kier alpha value is -0.930. The van der Waals surface area contributed by atoms with Gasteiger partial charge >= 0.3 is 0 Å². The van der Waals surface area contributed by atoms with Crippen LogP contribution in [0.3, 0.4) is 0 Å². The topological polar surface area (TPSA) is 92.3 Å². The zero-order valence-electron chi connectivity index (χ0n) is 10.4. The number of nitrogens with one attached hydrogen (secondary N) is 2. The zero-order valence-corrected chi connectivity index (χ0v) is 13.6. The first-order chi connectivity index (χ1) is 9.35. The third kappa shape index (κ3) is 4.29. The summed E-state index contributed by atoms with van der Waals surface area (Å²) >= 11 is 4.50. The monoisotopic (exact) mass is 380 g/mol. The molecule has 2 rings (SSSR count). The van der Waals surface area contributed by atoms with Crippen molar-refractivity contribution in [2.45, 2.75) is 12.8 Å². The Morgan fingerprint density at radius 3 is 2.65 bits per heavy atom. The summed E-state index contributed by atoms with van der Waals surface area (Å²) in [5, 5.41) is 0. The van der Waals surface area contributed by atoms with Gasteiger partial charge in [-0.15, -0.1) is 11.3 Å². The van der Waals surface area contributed by atoms with Gasteiger partial charge in [-0.05, 0) is 40.4 Å². The van der Waals surface area contributed by atoms with Crippen LogP contribution in [0.2, 0.25) is 0 Å². The highest BCUT2D eigenvalue weighted by molar-refractivity contribution is 9.11. The molecular weight excluding hydrogens is 368 g/mol. The van der Waals surface area contributed by atoms with Crippen molar-refractivity contribution in [3.63, 3.8) is 0 Å². The Labute approximate surface area is 129 Å². The van der Waals surface area contributed by atoms with Crippen molar-refractivity contribution in [2.24, 2.45) is 5.92 Å². The van der Waals surface area contributed by atoms with Crippen molar-refractivity contribution < 1.29 is 18.0 Å². The molecule has 0 aliphatic carbocycles. The molecule has 1 aliphatic rings. The van der Waals surface area contributed by atoms with Gasteiger partial charge in [0, 0.05) is 6.42 Å². The molecule has 0 aromatic carbocycles. The highest BCUT2D eigenvalue weighted by Gasteiger charge is 2.29. The molecule has 0 unspecified atom stereocenters. The van der Waals surface area contributed by atoms with E-state index in [0.717, 1.165) is 3.79 Å². The third-order valence-corrected chi connectivity index (χ3v) is 6.37. The molecule has 1 aliphatic heterocycles. The number of carbonyl (C=O) groups excluding carboxylic acids is 2. The minimum atomic E-state index is -2.98. The van der Waals surface area contributed by atoms with Crippen LogP contribution in [-0.2, 0) is 14.6 Å². The molecule has 1 fully saturated rings. The Bertz CT molecular complexity index is 626. The summed E-state index contributed by atoms with van der Waals surface area (Å²) in [6, 6.07) is 3.38. The number of amides is 2. The van der Waals surface area contributed by atoms with Gasteiger partial charge in [0.1, 0.15) is 0 Å². The fourth-order valence-electron chi connectivity index (χ4n) is 1.97. The number of hydrogen-bond acceptors (Lipinski definition) is 5. The molecule has 2 heterocycles. The van der Waals surface area contributed by atoms with E-state index in [2.05, 4.69) is 26.8 Å². The fraction of sp³-hybridized carbons (Fsp3) is 0.455. The molecule has 0 saturated carbocycles. The number of thiophene rings is 1. The minimum absolute atomic E-state index is 0.0479. The number of halogens is 1. The lowest BCUT2D eigenvalue weighted by Crippen LogP contribution is -2.42. The summed E-state index contributed by atoms with van der Waals surface area (Å²) in [7, 11) is -2.98. The van der Waals surface area contributed by atoms with Gasteiger partial charge < -0.3 is 0 Å². The second-order valence-electron chi connectivity index (χ2n) is 4.58. The van der Waals surface area contributed by atoms with Crippen LogP contribution < -0.4 is 10.9 Å². The van der Waals surface area contributed by atoms with Crippen LogP contribution in [0.1, 0.15) is 22.5 Å². The Kier molecular flexibility index (Phi) is 4.82. The smallest absolute Gasteiger partial charge is 0.273 e. The van der Waals surface area contributed by atoms with E-state index in [1.807, 2.05) is 0 Å². The Morgan fingerprint density at radius 1 is 1.35 bits per heavy atom. The molecular formula is C11H13BrN2O4S2. The van der Waals surface area contributed by atoms with Crippen LogP contribution in [0.15, 0.2) is 15.9 Å². The van der Waals surface area contributed by atoms with E-state index in [-0.39, 0.29) is 29.8 Å². The largest absolute Gasteiger partial charge is 0.279 e. The summed E-state index contributed by atoms with van der Waals surface area (Å²) in [4.78, 5) is 23.8. The Morgan fingerprint density at radius 2 is 2.10 bits per heavy atom. The predicted octanol–water partition coefficient (Wildman–Crippen LogP) is 1.10. The van der Waals surface area contributed by atoms with E-state index in [0.29, 0.717) is 11.3 Å². The quantitative estimate of drug-likeness (QED) is 0.767. The second-order valence-corrected chi connectivity index (χ2v) is 9.27. The van der Waals surface area contributed by atoms with Crippen molar-refractivity contribution in [3.8, 4) is 0 Å². The summed E-state index contributed by atoms with van der Waals surface area (Å²) < 4.78 is 23.4. The number of hydrazine groups is 1. The summed E-state index contributed by atoms with van der Waals surface area (Å²) in [6.07, 6.45) is 0.606. The molecule has 2 N–H and O–H groups in total. The van der Waals surface area contributed by atoms with Crippen LogP contribution in [0.5, 0.6) is 0 Å². The molecule has 1 aromatic rings. The Balaban J connectivity index is 1.77. The number of hydrogen-bond donors (Lipinski definition) is 2. The molecule has 1 saturated heterocycles. The van der Waals surface area contributed by atoms with Gasteiger partial charge in [0.05, 0.1) is 20.2 Å². The van der Waals surface area contributed by atoms with Crippen molar-refractivity contribution in [1.82, 2.24) is 10.9 Å². The van der Waals surface area contributed by atoms with Gasteiger partial charge in [-0.3, -0.25) is 20.4 Å². The van der Waals surface area contributed by atoms with E-state index in [9.17, 15) is 18.0 Å². The van der Waals surface area contributed by atoms with Crippen molar-refractivity contribution >= 4 is 48.9 Å². The van der Waals surface area contributed by atoms with E-state index >= 15 is 0 Å². The molecule has 0 bridgehead atoms. The second kappa shape index (κ2) is 6.23. The van der Waals surface area contributed by atoms with Crippen molar-refractivity contribution in [3.05, 3.63) is 20.8 Å². The van der Waals surface area contributed by atoms with Gasteiger partial charge in [0.2, 0.25) is 5.91 Å². The average Bonchev–Trinajstić information content (AvgIpc) is 2.92. The highest BCUT2D eigenvalue weighted by Crippen LogP contribution is 2.22. The van der Waals surface area contributed by atoms with Crippen LogP contribution >= 0.6 is 27.3 Å². The maximum absolute atomic E-state index is 11.7. The maximum atomic E-state index is 11.7. The molecule has 20 heavy (non-hydrogen) atoms. The number of sulfone groups is 1. The van der Waals surface area contributed by atoms with Crippen LogP contribution in [0, 0.1) is 5.92 Å². The van der Waals surface area contributed by atoms with Crippen molar-refractivity contribution in [2.75, 3.05) is 11.5 Å². The first-order valence-corrected chi connectivity index (χ1v) is 9.34. The number of rotatable bonds is 3.